The highest BCUT2D eigenvalue weighted by Crippen LogP contribution is 2.31. The number of thiol groups is 1. The molecule has 2 aromatic heterocycles. The molecule has 3 aromatic rings. The van der Waals surface area contributed by atoms with Crippen molar-refractivity contribution in [3.8, 4) is 9.88 Å². The molecule has 1 aliphatic heterocycles. The van der Waals surface area contributed by atoms with E-state index in [0.29, 0.717) is 17.5 Å². The van der Waals surface area contributed by atoms with Gasteiger partial charge in [-0.05, 0) is 42.0 Å². The molecule has 164 valence electrons. The molecule has 7 nitrogen and oxygen atoms in total. The van der Waals surface area contributed by atoms with Gasteiger partial charge in [-0.2, -0.15) is 5.10 Å². The number of nitrogens with one attached hydrogen (secondary N) is 3. The van der Waals surface area contributed by atoms with Gasteiger partial charge in [0.2, 0.25) is 10.9 Å². The number of aromatic nitrogens is 1. The predicted octanol–water partition coefficient (Wildman–Crippen LogP) is 4.42. The summed E-state index contributed by atoms with van der Waals surface area (Å²) in [5.74, 6) is 0. The minimum Gasteiger partial charge on any atom is -0.354 e. The zero-order valence-electron chi connectivity index (χ0n) is 16.8. The molecule has 3 heterocycles. The molecule has 0 bridgehead atoms. The summed E-state index contributed by atoms with van der Waals surface area (Å²) in [7, 11) is -2.67. The number of thioether (sulfide) groups is 1. The minimum absolute atomic E-state index is 0.0478. The summed E-state index contributed by atoms with van der Waals surface area (Å²) in [6.07, 6.45) is 2.86. The maximum absolute atomic E-state index is 10.9. The lowest BCUT2D eigenvalue weighted by atomic mass is 10.0. The lowest BCUT2D eigenvalue weighted by Crippen LogP contribution is -2.27. The number of thiazole rings is 1. The summed E-state index contributed by atoms with van der Waals surface area (Å²) >= 11 is 5.04. The van der Waals surface area contributed by atoms with Crippen LogP contribution in [0.15, 0.2) is 52.3 Å². The molecule has 1 aromatic carbocycles. The van der Waals surface area contributed by atoms with Gasteiger partial charge in [0.1, 0.15) is 5.01 Å². The Hall–Kier alpha value is -2.08. The second-order valence-corrected chi connectivity index (χ2v) is 10.7. The van der Waals surface area contributed by atoms with E-state index in [0.717, 1.165) is 39.2 Å². The molecule has 0 fully saturated rings. The smallest absolute Gasteiger partial charge is 0.222 e. The fourth-order valence-corrected chi connectivity index (χ4v) is 6.26. The van der Waals surface area contributed by atoms with Crippen LogP contribution in [0.4, 0.5) is 5.69 Å². The first kappa shape index (κ1) is 22.1. The van der Waals surface area contributed by atoms with E-state index in [2.05, 4.69) is 44.3 Å². The van der Waals surface area contributed by atoms with Crippen molar-refractivity contribution in [3.63, 3.8) is 0 Å². The molecular formula is C20H23N5O2S4. The van der Waals surface area contributed by atoms with Crippen molar-refractivity contribution in [1.29, 1.82) is 0 Å². The number of anilines is 1. The van der Waals surface area contributed by atoms with Crippen LogP contribution in [0.3, 0.4) is 0 Å². The van der Waals surface area contributed by atoms with E-state index in [1.165, 1.54) is 0 Å². The quantitative estimate of drug-likeness (QED) is 0.330. The molecular weight excluding hydrogens is 471 g/mol. The van der Waals surface area contributed by atoms with Crippen molar-refractivity contribution < 1.29 is 8.42 Å². The molecule has 1 unspecified atom stereocenters. The zero-order chi connectivity index (χ0) is 21.6. The Labute approximate surface area is 195 Å². The minimum atomic E-state index is -2.67. The van der Waals surface area contributed by atoms with Gasteiger partial charge < -0.3 is 5.32 Å². The Morgan fingerprint density at radius 1 is 1.19 bits per heavy atom. The van der Waals surface area contributed by atoms with Crippen molar-refractivity contribution >= 4 is 56.2 Å². The van der Waals surface area contributed by atoms with Crippen LogP contribution in [-0.4, -0.2) is 23.9 Å². The van der Waals surface area contributed by atoms with Crippen LogP contribution in [0.2, 0.25) is 0 Å². The van der Waals surface area contributed by atoms with Gasteiger partial charge in [-0.1, -0.05) is 43.3 Å². The summed E-state index contributed by atoms with van der Waals surface area (Å²) < 4.78 is 24.2. The Morgan fingerprint density at radius 2 is 2.03 bits per heavy atom. The Morgan fingerprint density at radius 3 is 2.74 bits per heavy atom. The molecule has 11 heteroatoms. The van der Waals surface area contributed by atoms with Gasteiger partial charge in [-0.25, -0.2) is 13.4 Å². The number of amidine groups is 1. The van der Waals surface area contributed by atoms with E-state index in [1.54, 1.807) is 46.6 Å². The number of nitrogens with zero attached hydrogens (tertiary/aromatic N) is 2. The highest BCUT2D eigenvalue weighted by atomic mass is 32.2. The van der Waals surface area contributed by atoms with Crippen molar-refractivity contribution in [2.45, 2.75) is 37.6 Å². The van der Waals surface area contributed by atoms with Crippen molar-refractivity contribution in [2.75, 3.05) is 4.72 Å². The molecule has 0 amide bonds. The summed E-state index contributed by atoms with van der Waals surface area (Å²) in [6.45, 7) is 2.17. The third kappa shape index (κ3) is 6.00. The second kappa shape index (κ2) is 10.5. The Bertz CT molecular complexity index is 1090. The van der Waals surface area contributed by atoms with Crippen LogP contribution >= 0.6 is 34.4 Å². The van der Waals surface area contributed by atoms with Crippen LogP contribution in [0.25, 0.3) is 9.88 Å². The molecule has 0 spiro atoms. The van der Waals surface area contributed by atoms with Crippen molar-refractivity contribution in [1.82, 2.24) is 15.7 Å². The number of benzene rings is 1. The van der Waals surface area contributed by atoms with Gasteiger partial charge >= 0.3 is 0 Å². The SMILES string of the molecule is CCCC1NN=C(N[C@@H](Cc2ccc(N[SH](=O)=O)cc2)c2csc(-c3cccs3)n2)S1. The van der Waals surface area contributed by atoms with Gasteiger partial charge in [0.15, 0.2) is 5.17 Å². The summed E-state index contributed by atoms with van der Waals surface area (Å²) in [6, 6.07) is 11.5. The highest BCUT2D eigenvalue weighted by molar-refractivity contribution is 8.14. The summed E-state index contributed by atoms with van der Waals surface area (Å²) in [4.78, 5) is 6.05. The first-order valence-corrected chi connectivity index (χ1v) is 13.7. The van der Waals surface area contributed by atoms with Crippen LogP contribution in [0.1, 0.15) is 37.1 Å². The molecule has 2 atom stereocenters. The second-order valence-electron chi connectivity index (χ2n) is 6.96. The lowest BCUT2D eigenvalue weighted by molar-refractivity contribution is 0.618. The summed E-state index contributed by atoms with van der Waals surface area (Å²) in [5, 5.41) is 14.4. The average Bonchev–Trinajstić information content (AvgIpc) is 3.50. The third-order valence-corrected chi connectivity index (χ3v) is 8.04. The number of rotatable bonds is 9. The topological polar surface area (TPSA) is 95.5 Å². The predicted molar refractivity (Wildman–Crippen MR) is 132 cm³/mol. The number of hydrogen-bond acceptors (Lipinski definition) is 9. The van der Waals surface area contributed by atoms with E-state index in [1.807, 2.05) is 18.2 Å². The number of hydrazone groups is 1. The van der Waals surface area contributed by atoms with Crippen LogP contribution in [-0.2, 0) is 17.3 Å². The van der Waals surface area contributed by atoms with Crippen LogP contribution in [0.5, 0.6) is 0 Å². The largest absolute Gasteiger partial charge is 0.354 e. The first-order valence-electron chi connectivity index (χ1n) is 9.86. The fraction of sp³-hybridized carbons (Fsp3) is 0.300. The number of thiophene rings is 1. The summed E-state index contributed by atoms with van der Waals surface area (Å²) in [5.41, 5.74) is 5.80. The third-order valence-electron chi connectivity index (χ3n) is 4.64. The van der Waals surface area contributed by atoms with E-state index >= 15 is 0 Å². The molecule has 3 N–H and O–H groups in total. The monoisotopic (exact) mass is 493 g/mol. The number of hydrogen-bond donors (Lipinski definition) is 4. The Kier molecular flexibility index (Phi) is 7.49. The van der Waals surface area contributed by atoms with Crippen LogP contribution in [0, 0.1) is 0 Å². The molecule has 4 rings (SSSR count). The molecule has 0 radical (unpaired) electrons. The average molecular weight is 494 g/mol. The molecule has 0 saturated carbocycles. The van der Waals surface area contributed by atoms with Gasteiger partial charge in [0.05, 0.1) is 22.0 Å². The Balaban J connectivity index is 1.52. The standard InChI is InChI=1S/C20H23N5O2S4/c1-2-4-18-23-24-20(30-18)22-15(11-13-6-8-14(9-7-13)25-31(26)27)16-12-29-19(21-16)17-5-3-10-28-17/h3,5-10,12,15,18,23,31H,2,4,11H2,1H3,(H,22,24)(H,25,26,27)/t15-,18?/m0/s1. The van der Waals surface area contributed by atoms with E-state index in [9.17, 15) is 8.42 Å². The van der Waals surface area contributed by atoms with Crippen molar-refractivity contribution in [3.05, 3.63) is 58.4 Å². The van der Waals surface area contributed by atoms with Gasteiger partial charge in [-0.15, -0.1) is 22.7 Å². The maximum atomic E-state index is 10.9. The van der Waals surface area contributed by atoms with E-state index < -0.39 is 10.9 Å². The molecule has 31 heavy (non-hydrogen) atoms. The first-order chi connectivity index (χ1) is 15.1. The van der Waals surface area contributed by atoms with E-state index in [-0.39, 0.29) is 6.04 Å². The van der Waals surface area contributed by atoms with E-state index in [4.69, 9.17) is 4.98 Å². The fourth-order valence-electron chi connectivity index (χ4n) is 3.16. The zero-order valence-corrected chi connectivity index (χ0v) is 20.1. The van der Waals surface area contributed by atoms with Gasteiger partial charge in [0.25, 0.3) is 0 Å². The van der Waals surface area contributed by atoms with Gasteiger partial charge in [-0.3, -0.25) is 10.1 Å². The van der Waals surface area contributed by atoms with Crippen molar-refractivity contribution in [2.24, 2.45) is 5.10 Å². The molecule has 0 saturated heterocycles. The highest BCUT2D eigenvalue weighted by Gasteiger charge is 2.24. The lowest BCUT2D eigenvalue weighted by Gasteiger charge is -2.18. The normalized spacial score (nSPS) is 16.7. The molecule has 1 aliphatic rings. The maximum Gasteiger partial charge on any atom is 0.222 e. The van der Waals surface area contributed by atoms with Gasteiger partial charge in [0, 0.05) is 11.1 Å². The molecule has 0 aliphatic carbocycles. The van der Waals surface area contributed by atoms with Crippen LogP contribution < -0.4 is 15.5 Å².